The van der Waals surface area contributed by atoms with Crippen LogP contribution >= 0.6 is 0 Å². The summed E-state index contributed by atoms with van der Waals surface area (Å²) in [5.74, 6) is 1.53. The molecule has 4 heteroatoms. The molecule has 2 aromatic carbocycles. The van der Waals surface area contributed by atoms with Gasteiger partial charge in [0.25, 0.3) is 0 Å². The largest absolute Gasteiger partial charge is 0.367 e. The molecule has 4 saturated carbocycles. The molecule has 1 aliphatic heterocycles. The average Bonchev–Trinajstić information content (AvgIpc) is 3.50. The van der Waals surface area contributed by atoms with Crippen LogP contribution in [0.25, 0.3) is 0 Å². The van der Waals surface area contributed by atoms with Crippen LogP contribution in [0.5, 0.6) is 0 Å². The monoisotopic (exact) mass is 404 g/mol. The van der Waals surface area contributed by atoms with Crippen LogP contribution in [0.15, 0.2) is 30.3 Å². The third kappa shape index (κ3) is 3.12. The zero-order valence-corrected chi connectivity index (χ0v) is 17.6. The lowest BCUT2D eigenvalue weighted by Gasteiger charge is -2.61. The van der Waals surface area contributed by atoms with E-state index in [1.54, 1.807) is 12.1 Å². The molecule has 3 nitrogen and oxygen atoms in total. The average molecular weight is 405 g/mol. The number of rotatable bonds is 5. The van der Waals surface area contributed by atoms with E-state index in [0.717, 1.165) is 42.2 Å². The number of nitrogens with one attached hydrogen (secondary N) is 1. The Morgan fingerprint density at radius 2 is 1.97 bits per heavy atom. The molecule has 1 heterocycles. The maximum Gasteiger partial charge on any atom is 0.224 e. The van der Waals surface area contributed by atoms with Crippen LogP contribution in [-0.2, 0) is 17.8 Å². The molecule has 4 aliphatic carbocycles. The van der Waals surface area contributed by atoms with Crippen molar-refractivity contribution in [2.45, 2.75) is 64.3 Å². The molecule has 2 bridgehead atoms. The topological polar surface area (TPSA) is 32.3 Å². The highest BCUT2D eigenvalue weighted by atomic mass is 19.1. The number of nitrogens with zero attached hydrogens (tertiary/aromatic N) is 1. The summed E-state index contributed by atoms with van der Waals surface area (Å²) in [6.45, 7) is 3.84. The molecular formula is C26H29FN2O. The number of halogens is 1. The van der Waals surface area contributed by atoms with Crippen LogP contribution in [0.1, 0.15) is 66.7 Å². The molecule has 0 atom stereocenters. The Morgan fingerprint density at radius 3 is 2.67 bits per heavy atom. The Balaban J connectivity index is 1.25. The van der Waals surface area contributed by atoms with Crippen LogP contribution in [0.4, 0.5) is 15.8 Å². The van der Waals surface area contributed by atoms with Crippen LogP contribution < -0.4 is 10.2 Å². The van der Waals surface area contributed by atoms with Gasteiger partial charge < -0.3 is 10.2 Å². The highest BCUT2D eigenvalue weighted by Gasteiger charge is 2.57. The fourth-order valence-corrected chi connectivity index (χ4v) is 6.00. The Bertz CT molecular complexity index is 1020. The number of hydrogen-bond donors (Lipinski definition) is 1. The summed E-state index contributed by atoms with van der Waals surface area (Å²) in [5, 5.41) is 3.30. The minimum absolute atomic E-state index is 0.145. The predicted molar refractivity (Wildman–Crippen MR) is 117 cm³/mol. The van der Waals surface area contributed by atoms with Gasteiger partial charge in [0.05, 0.1) is 0 Å². The molecule has 0 spiro atoms. The molecule has 1 N–H and O–H groups in total. The van der Waals surface area contributed by atoms with E-state index in [2.05, 4.69) is 29.3 Å². The van der Waals surface area contributed by atoms with E-state index in [9.17, 15) is 9.18 Å². The molecule has 156 valence electrons. The molecule has 5 aliphatic rings. The Hall–Kier alpha value is -2.36. The zero-order chi connectivity index (χ0) is 20.5. The molecule has 0 radical (unpaired) electrons. The van der Waals surface area contributed by atoms with E-state index in [4.69, 9.17) is 0 Å². The lowest BCUT2D eigenvalue weighted by atomic mass is 9.43. The molecule has 0 aromatic heterocycles. The number of carbonyl (C=O) groups excluding carboxylic acids is 1. The fraction of sp³-hybridized carbons (Fsp3) is 0.500. The van der Waals surface area contributed by atoms with E-state index in [-0.39, 0.29) is 11.7 Å². The van der Waals surface area contributed by atoms with Gasteiger partial charge >= 0.3 is 0 Å². The summed E-state index contributed by atoms with van der Waals surface area (Å²) in [6.07, 6.45) is 7.75. The number of aryl methyl sites for hydroxylation is 1. The van der Waals surface area contributed by atoms with Gasteiger partial charge in [0.15, 0.2) is 0 Å². The van der Waals surface area contributed by atoms with Gasteiger partial charge in [-0.1, -0.05) is 6.07 Å². The maximum atomic E-state index is 13.5. The summed E-state index contributed by atoms with van der Waals surface area (Å²) >= 11 is 0. The first-order valence-electron chi connectivity index (χ1n) is 11.4. The van der Waals surface area contributed by atoms with E-state index < -0.39 is 0 Å². The van der Waals surface area contributed by atoms with Crippen molar-refractivity contribution in [1.29, 1.82) is 0 Å². The van der Waals surface area contributed by atoms with Crippen molar-refractivity contribution in [3.8, 4) is 0 Å². The minimum Gasteiger partial charge on any atom is -0.367 e. The molecule has 0 unspecified atom stereocenters. The first-order chi connectivity index (χ1) is 14.5. The van der Waals surface area contributed by atoms with Crippen molar-refractivity contribution in [3.63, 3.8) is 0 Å². The molecule has 4 fully saturated rings. The summed E-state index contributed by atoms with van der Waals surface area (Å²) < 4.78 is 13.5. The van der Waals surface area contributed by atoms with Gasteiger partial charge in [0.1, 0.15) is 5.82 Å². The minimum atomic E-state index is -0.145. The number of anilines is 2. The smallest absolute Gasteiger partial charge is 0.224 e. The Labute approximate surface area is 177 Å². The van der Waals surface area contributed by atoms with E-state index in [1.807, 2.05) is 6.07 Å². The summed E-state index contributed by atoms with van der Waals surface area (Å²) in [6, 6.07) is 9.68. The van der Waals surface area contributed by atoms with Crippen molar-refractivity contribution in [1.82, 2.24) is 0 Å². The standard InChI is InChI=1S/C26H29FN2O/c1-16-8-22(29-7-6-19-9-21(27)5-4-20(19)15-29)10-23(18-2-3-18)25(16)28-24(30)14-26-11-17(12-26)13-26/h4-5,8-10,17-18H,2-3,6-7,11-15H2,1H3,(H,28,30). The summed E-state index contributed by atoms with van der Waals surface area (Å²) in [5.41, 5.74) is 7.42. The van der Waals surface area contributed by atoms with Crippen molar-refractivity contribution < 1.29 is 9.18 Å². The van der Waals surface area contributed by atoms with Gasteiger partial charge in [-0.15, -0.1) is 0 Å². The molecule has 0 saturated heterocycles. The third-order valence-electron chi connectivity index (χ3n) is 7.88. The van der Waals surface area contributed by atoms with Gasteiger partial charge in [0.2, 0.25) is 5.91 Å². The highest BCUT2D eigenvalue weighted by Crippen LogP contribution is 2.66. The lowest BCUT2D eigenvalue weighted by Crippen LogP contribution is -2.53. The van der Waals surface area contributed by atoms with Crippen molar-refractivity contribution in [2.24, 2.45) is 11.3 Å². The number of carbonyl (C=O) groups is 1. The Kier molecular flexibility index (Phi) is 4.03. The molecule has 30 heavy (non-hydrogen) atoms. The molecule has 2 aromatic rings. The van der Waals surface area contributed by atoms with Gasteiger partial charge in [-0.2, -0.15) is 0 Å². The van der Waals surface area contributed by atoms with Crippen molar-refractivity contribution in [3.05, 3.63) is 58.4 Å². The van der Waals surface area contributed by atoms with Gasteiger partial charge in [0, 0.05) is 30.9 Å². The number of amides is 1. The molecular weight excluding hydrogens is 375 g/mol. The predicted octanol–water partition coefficient (Wildman–Crippen LogP) is 5.70. The lowest BCUT2D eigenvalue weighted by molar-refractivity contribution is -0.139. The third-order valence-corrected chi connectivity index (χ3v) is 7.88. The van der Waals surface area contributed by atoms with Crippen LogP contribution in [0.2, 0.25) is 0 Å². The second-order valence-electron chi connectivity index (χ2n) is 10.3. The normalized spacial score (nSPS) is 26.5. The fourth-order valence-electron chi connectivity index (χ4n) is 6.00. The Morgan fingerprint density at radius 1 is 1.17 bits per heavy atom. The maximum absolute atomic E-state index is 13.5. The van der Waals surface area contributed by atoms with Crippen LogP contribution in [-0.4, -0.2) is 12.5 Å². The SMILES string of the molecule is Cc1cc(N2CCc3cc(F)ccc3C2)cc(C2CC2)c1NC(=O)CC12CC(C1)C2. The van der Waals surface area contributed by atoms with Gasteiger partial charge in [-0.05, 0) is 109 Å². The van der Waals surface area contributed by atoms with E-state index in [0.29, 0.717) is 17.8 Å². The summed E-state index contributed by atoms with van der Waals surface area (Å²) in [4.78, 5) is 15.2. The van der Waals surface area contributed by atoms with Crippen LogP contribution in [0, 0.1) is 24.1 Å². The van der Waals surface area contributed by atoms with Crippen molar-refractivity contribution >= 4 is 17.3 Å². The number of fused-ring (bicyclic) bond motifs is 1. The quantitative estimate of drug-likeness (QED) is 0.693. The van der Waals surface area contributed by atoms with E-state index >= 15 is 0 Å². The van der Waals surface area contributed by atoms with E-state index in [1.165, 1.54) is 48.9 Å². The zero-order valence-electron chi connectivity index (χ0n) is 17.6. The molecule has 1 amide bonds. The first kappa shape index (κ1) is 18.4. The second kappa shape index (κ2) is 6.57. The van der Waals surface area contributed by atoms with Crippen molar-refractivity contribution in [2.75, 3.05) is 16.8 Å². The second-order valence-corrected chi connectivity index (χ2v) is 10.3. The number of hydrogen-bond acceptors (Lipinski definition) is 2. The molecule has 7 rings (SSSR count). The van der Waals surface area contributed by atoms with Gasteiger partial charge in [-0.3, -0.25) is 4.79 Å². The van der Waals surface area contributed by atoms with Gasteiger partial charge in [-0.25, -0.2) is 4.39 Å². The van der Waals surface area contributed by atoms with Crippen LogP contribution in [0.3, 0.4) is 0 Å². The summed E-state index contributed by atoms with van der Waals surface area (Å²) in [7, 11) is 0. The number of benzene rings is 2. The highest BCUT2D eigenvalue weighted by molar-refractivity contribution is 5.93. The first-order valence-corrected chi connectivity index (χ1v) is 11.4.